The van der Waals surface area contributed by atoms with Gasteiger partial charge in [0.1, 0.15) is 0 Å². The van der Waals surface area contributed by atoms with Crippen molar-refractivity contribution in [2.24, 2.45) is 0 Å². The third-order valence-corrected chi connectivity index (χ3v) is 3.95. The number of hydrogen-bond acceptors (Lipinski definition) is 2. The number of rotatable bonds is 4. The summed E-state index contributed by atoms with van der Waals surface area (Å²) in [6, 6.07) is 14.7. The number of nitrogens with one attached hydrogen (secondary N) is 2. The second kappa shape index (κ2) is 7.43. The Balaban J connectivity index is 0.00000161. The average Bonchev–Trinajstić information content (AvgIpc) is 3.02. The molecule has 0 aliphatic carbocycles. The highest BCUT2D eigenvalue weighted by Crippen LogP contribution is 2.18. The van der Waals surface area contributed by atoms with Crippen LogP contribution in [-0.2, 0) is 11.2 Å². The SMILES string of the molecule is Cl.O=C(NCCc1cccc2ccccc12)C1CCCN1. The second-order valence-electron chi connectivity index (χ2n) is 5.33. The Morgan fingerprint density at radius 3 is 2.81 bits per heavy atom. The lowest BCUT2D eigenvalue weighted by Crippen LogP contribution is -2.41. The van der Waals surface area contributed by atoms with E-state index in [1.807, 2.05) is 0 Å². The van der Waals surface area contributed by atoms with Crippen molar-refractivity contribution in [1.82, 2.24) is 10.6 Å². The molecule has 21 heavy (non-hydrogen) atoms. The van der Waals surface area contributed by atoms with Gasteiger partial charge in [0.25, 0.3) is 0 Å². The van der Waals surface area contributed by atoms with Crippen LogP contribution in [0.5, 0.6) is 0 Å². The minimum atomic E-state index is 0. The number of carbonyl (C=O) groups excluding carboxylic acids is 1. The van der Waals surface area contributed by atoms with E-state index in [2.05, 4.69) is 53.1 Å². The summed E-state index contributed by atoms with van der Waals surface area (Å²) in [7, 11) is 0. The molecule has 1 atom stereocenters. The second-order valence-corrected chi connectivity index (χ2v) is 5.33. The summed E-state index contributed by atoms with van der Waals surface area (Å²) in [4.78, 5) is 11.9. The molecule has 1 saturated heterocycles. The number of halogens is 1. The molecular weight excluding hydrogens is 284 g/mol. The first kappa shape index (κ1) is 15.8. The van der Waals surface area contributed by atoms with E-state index in [0.717, 1.165) is 25.8 Å². The largest absolute Gasteiger partial charge is 0.354 e. The maximum atomic E-state index is 11.9. The molecule has 112 valence electrons. The lowest BCUT2D eigenvalue weighted by molar-refractivity contribution is -0.122. The predicted octanol–water partition coefficient (Wildman–Crippen LogP) is 2.67. The van der Waals surface area contributed by atoms with E-state index < -0.39 is 0 Å². The van der Waals surface area contributed by atoms with Crippen molar-refractivity contribution >= 4 is 29.1 Å². The molecule has 1 unspecified atom stereocenters. The molecule has 1 heterocycles. The van der Waals surface area contributed by atoms with Crippen molar-refractivity contribution in [3.8, 4) is 0 Å². The normalized spacial score (nSPS) is 17.4. The molecule has 1 fully saturated rings. The van der Waals surface area contributed by atoms with Gasteiger partial charge >= 0.3 is 0 Å². The minimum absolute atomic E-state index is 0. The Morgan fingerprint density at radius 2 is 2.00 bits per heavy atom. The molecule has 0 aromatic heterocycles. The van der Waals surface area contributed by atoms with Gasteiger partial charge in [-0.2, -0.15) is 0 Å². The van der Waals surface area contributed by atoms with Crippen molar-refractivity contribution in [2.75, 3.05) is 13.1 Å². The van der Waals surface area contributed by atoms with Gasteiger partial charge in [0.15, 0.2) is 0 Å². The van der Waals surface area contributed by atoms with Crippen LogP contribution in [0.3, 0.4) is 0 Å². The van der Waals surface area contributed by atoms with Crippen molar-refractivity contribution < 1.29 is 4.79 Å². The number of fused-ring (bicyclic) bond motifs is 1. The van der Waals surface area contributed by atoms with Crippen molar-refractivity contribution in [2.45, 2.75) is 25.3 Å². The predicted molar refractivity (Wildman–Crippen MR) is 88.9 cm³/mol. The fraction of sp³-hybridized carbons (Fsp3) is 0.353. The maximum Gasteiger partial charge on any atom is 0.237 e. The average molecular weight is 305 g/mol. The fourth-order valence-electron chi connectivity index (χ4n) is 2.86. The smallest absolute Gasteiger partial charge is 0.237 e. The molecule has 0 spiro atoms. The molecular formula is C17H21ClN2O. The molecule has 3 nitrogen and oxygen atoms in total. The van der Waals surface area contributed by atoms with Gasteiger partial charge in [-0.15, -0.1) is 12.4 Å². The quantitative estimate of drug-likeness (QED) is 0.912. The molecule has 1 aliphatic heterocycles. The van der Waals surface area contributed by atoms with E-state index in [-0.39, 0.29) is 24.4 Å². The van der Waals surface area contributed by atoms with Crippen LogP contribution >= 0.6 is 12.4 Å². The summed E-state index contributed by atoms with van der Waals surface area (Å²) in [5, 5.41) is 8.80. The number of benzene rings is 2. The van der Waals surface area contributed by atoms with Gasteiger partial charge in [-0.3, -0.25) is 4.79 Å². The van der Waals surface area contributed by atoms with E-state index in [1.165, 1.54) is 16.3 Å². The van der Waals surface area contributed by atoms with Crippen molar-refractivity contribution in [3.05, 3.63) is 48.0 Å². The zero-order valence-electron chi connectivity index (χ0n) is 12.0. The summed E-state index contributed by atoms with van der Waals surface area (Å²) in [5.74, 6) is 0.141. The van der Waals surface area contributed by atoms with E-state index >= 15 is 0 Å². The summed E-state index contributed by atoms with van der Waals surface area (Å²) in [5.41, 5.74) is 1.29. The topological polar surface area (TPSA) is 41.1 Å². The van der Waals surface area contributed by atoms with Crippen molar-refractivity contribution in [3.63, 3.8) is 0 Å². The van der Waals surface area contributed by atoms with Gasteiger partial charge in [-0.25, -0.2) is 0 Å². The minimum Gasteiger partial charge on any atom is -0.354 e. The molecule has 2 N–H and O–H groups in total. The third kappa shape index (κ3) is 3.74. The lowest BCUT2D eigenvalue weighted by Gasteiger charge is -2.12. The van der Waals surface area contributed by atoms with Crippen LogP contribution in [0.1, 0.15) is 18.4 Å². The summed E-state index contributed by atoms with van der Waals surface area (Å²) >= 11 is 0. The third-order valence-electron chi connectivity index (χ3n) is 3.95. The molecule has 0 radical (unpaired) electrons. The molecule has 1 aliphatic rings. The summed E-state index contributed by atoms with van der Waals surface area (Å²) < 4.78 is 0. The first-order valence-corrected chi connectivity index (χ1v) is 7.32. The van der Waals surface area contributed by atoms with Crippen LogP contribution in [0.15, 0.2) is 42.5 Å². The Kier molecular flexibility index (Phi) is 5.59. The van der Waals surface area contributed by atoms with E-state index in [0.29, 0.717) is 6.54 Å². The molecule has 0 bridgehead atoms. The Labute approximate surface area is 131 Å². The monoisotopic (exact) mass is 304 g/mol. The van der Waals surface area contributed by atoms with Gasteiger partial charge in [0.05, 0.1) is 6.04 Å². The lowest BCUT2D eigenvalue weighted by atomic mass is 10.0. The number of amides is 1. The van der Waals surface area contributed by atoms with Crippen LogP contribution in [0.2, 0.25) is 0 Å². The summed E-state index contributed by atoms with van der Waals surface area (Å²) in [6.07, 6.45) is 2.93. The number of carbonyl (C=O) groups is 1. The summed E-state index contributed by atoms with van der Waals surface area (Å²) in [6.45, 7) is 1.66. The van der Waals surface area contributed by atoms with Gasteiger partial charge in [-0.05, 0) is 42.1 Å². The van der Waals surface area contributed by atoms with Gasteiger partial charge in [0, 0.05) is 6.54 Å². The molecule has 0 saturated carbocycles. The van der Waals surface area contributed by atoms with Gasteiger partial charge < -0.3 is 10.6 Å². The Bertz CT molecular complexity index is 603. The van der Waals surface area contributed by atoms with Crippen molar-refractivity contribution in [1.29, 1.82) is 0 Å². The first-order chi connectivity index (χ1) is 9.84. The van der Waals surface area contributed by atoms with E-state index in [4.69, 9.17) is 0 Å². The molecule has 2 aromatic rings. The highest BCUT2D eigenvalue weighted by atomic mass is 35.5. The van der Waals surface area contributed by atoms with Gasteiger partial charge in [-0.1, -0.05) is 42.5 Å². The van der Waals surface area contributed by atoms with Crippen LogP contribution in [0.25, 0.3) is 10.8 Å². The molecule has 3 rings (SSSR count). The van der Waals surface area contributed by atoms with Crippen LogP contribution in [0.4, 0.5) is 0 Å². The number of hydrogen-bond donors (Lipinski definition) is 2. The molecule has 4 heteroatoms. The first-order valence-electron chi connectivity index (χ1n) is 7.32. The Hall–Kier alpha value is -1.58. The standard InChI is InChI=1S/C17H20N2O.ClH/c20-17(16-9-4-11-18-16)19-12-10-14-7-3-6-13-5-1-2-8-15(13)14;/h1-3,5-8,16,18H,4,9-12H2,(H,19,20);1H. The van der Waals surface area contributed by atoms with Crippen LogP contribution in [-0.4, -0.2) is 25.0 Å². The highest BCUT2D eigenvalue weighted by molar-refractivity contribution is 5.86. The Morgan fingerprint density at radius 1 is 1.19 bits per heavy atom. The maximum absolute atomic E-state index is 11.9. The zero-order valence-corrected chi connectivity index (χ0v) is 12.8. The zero-order chi connectivity index (χ0) is 13.8. The van der Waals surface area contributed by atoms with Crippen LogP contribution in [0, 0.1) is 0 Å². The molecule has 2 aromatic carbocycles. The highest BCUT2D eigenvalue weighted by Gasteiger charge is 2.21. The van der Waals surface area contributed by atoms with Gasteiger partial charge in [0.2, 0.25) is 5.91 Å². The van der Waals surface area contributed by atoms with E-state index in [9.17, 15) is 4.79 Å². The van der Waals surface area contributed by atoms with E-state index in [1.54, 1.807) is 0 Å². The molecule has 1 amide bonds. The van der Waals surface area contributed by atoms with Crippen LogP contribution < -0.4 is 10.6 Å². The fourth-order valence-corrected chi connectivity index (χ4v) is 2.86.